The first kappa shape index (κ1) is 16.0. The highest BCUT2D eigenvalue weighted by molar-refractivity contribution is 5.41. The molecular weight excluding hydrogens is 236 g/mol. The van der Waals surface area contributed by atoms with Gasteiger partial charge in [0.25, 0.3) is 0 Å². The van der Waals surface area contributed by atoms with Crippen LogP contribution >= 0.6 is 0 Å². The zero-order chi connectivity index (χ0) is 14.5. The molecule has 1 rings (SSSR count). The molecule has 0 spiro atoms. The number of rotatable bonds is 7. The Hall–Kier alpha value is -1.06. The van der Waals surface area contributed by atoms with E-state index in [1.807, 2.05) is 7.05 Å². The quantitative estimate of drug-likeness (QED) is 0.587. The van der Waals surface area contributed by atoms with Crippen molar-refractivity contribution in [3.8, 4) is 5.75 Å². The van der Waals surface area contributed by atoms with E-state index in [2.05, 4.69) is 56.5 Å². The van der Waals surface area contributed by atoms with Crippen LogP contribution in [0.2, 0.25) is 0 Å². The van der Waals surface area contributed by atoms with Gasteiger partial charge in [0.05, 0.1) is 7.11 Å². The van der Waals surface area contributed by atoms with Crippen LogP contribution in [-0.2, 0) is 5.41 Å². The normalized spacial score (nSPS) is 11.9. The fourth-order valence-electron chi connectivity index (χ4n) is 2.21. The van der Waals surface area contributed by atoms with Crippen LogP contribution in [0.5, 0.6) is 5.75 Å². The number of ether oxygens (including phenoxy) is 1. The molecule has 2 N–H and O–H groups in total. The van der Waals surface area contributed by atoms with Gasteiger partial charge in [-0.3, -0.25) is 0 Å². The Morgan fingerprint density at radius 2 is 1.95 bits per heavy atom. The van der Waals surface area contributed by atoms with Crippen LogP contribution in [0.4, 0.5) is 0 Å². The second-order valence-corrected chi connectivity index (χ2v) is 5.95. The van der Waals surface area contributed by atoms with Crippen LogP contribution in [-0.4, -0.2) is 27.4 Å². The van der Waals surface area contributed by atoms with E-state index in [0.29, 0.717) is 5.92 Å². The summed E-state index contributed by atoms with van der Waals surface area (Å²) in [4.78, 5) is 0. The maximum Gasteiger partial charge on any atom is 0.122 e. The smallest absolute Gasteiger partial charge is 0.122 e. The van der Waals surface area contributed by atoms with E-state index in [4.69, 9.17) is 4.74 Å². The monoisotopic (exact) mass is 264 g/mol. The van der Waals surface area contributed by atoms with Crippen molar-refractivity contribution in [3.05, 3.63) is 29.3 Å². The summed E-state index contributed by atoms with van der Waals surface area (Å²) >= 11 is 0. The van der Waals surface area contributed by atoms with Crippen LogP contribution in [0.1, 0.15) is 44.7 Å². The summed E-state index contributed by atoms with van der Waals surface area (Å²) in [6.45, 7) is 10.7. The molecule has 0 aliphatic heterocycles. The van der Waals surface area contributed by atoms with Gasteiger partial charge < -0.3 is 15.4 Å². The predicted molar refractivity (Wildman–Crippen MR) is 82.0 cm³/mol. The summed E-state index contributed by atoms with van der Waals surface area (Å²) in [5, 5.41) is 6.52. The van der Waals surface area contributed by atoms with Crippen molar-refractivity contribution in [3.63, 3.8) is 0 Å². The van der Waals surface area contributed by atoms with E-state index < -0.39 is 0 Å². The van der Waals surface area contributed by atoms with E-state index >= 15 is 0 Å². The zero-order valence-corrected chi connectivity index (χ0v) is 13.1. The lowest BCUT2D eigenvalue weighted by molar-refractivity contribution is 0.405. The highest BCUT2D eigenvalue weighted by atomic mass is 16.5. The summed E-state index contributed by atoms with van der Waals surface area (Å²) in [7, 11) is 3.69. The predicted octanol–water partition coefficient (Wildman–Crippen LogP) is 2.86. The van der Waals surface area contributed by atoms with Gasteiger partial charge >= 0.3 is 0 Å². The van der Waals surface area contributed by atoms with Crippen molar-refractivity contribution in [2.75, 3.05) is 27.4 Å². The Labute approximate surface area is 117 Å². The van der Waals surface area contributed by atoms with Gasteiger partial charge in [0.15, 0.2) is 0 Å². The van der Waals surface area contributed by atoms with Crippen molar-refractivity contribution >= 4 is 0 Å². The van der Waals surface area contributed by atoms with E-state index in [0.717, 1.165) is 19.0 Å². The molecule has 0 atom stereocenters. The van der Waals surface area contributed by atoms with Gasteiger partial charge in [0.2, 0.25) is 0 Å². The van der Waals surface area contributed by atoms with Crippen molar-refractivity contribution in [2.24, 2.45) is 0 Å². The molecule has 0 amide bonds. The Kier molecular flexibility index (Phi) is 5.83. The average Bonchev–Trinajstić information content (AvgIpc) is 2.38. The Balaban J connectivity index is 2.96. The van der Waals surface area contributed by atoms with Gasteiger partial charge in [-0.05, 0) is 30.2 Å². The molecule has 0 aliphatic rings. The number of benzene rings is 1. The van der Waals surface area contributed by atoms with E-state index in [1.54, 1.807) is 7.11 Å². The average molecular weight is 264 g/mol. The molecule has 0 aromatic heterocycles. The van der Waals surface area contributed by atoms with Gasteiger partial charge in [0.1, 0.15) is 5.75 Å². The molecule has 0 fully saturated rings. The van der Waals surface area contributed by atoms with Crippen LogP contribution < -0.4 is 15.4 Å². The minimum Gasteiger partial charge on any atom is -0.496 e. The minimum atomic E-state index is 0.104. The lowest BCUT2D eigenvalue weighted by Gasteiger charge is -2.27. The Morgan fingerprint density at radius 3 is 2.47 bits per heavy atom. The molecule has 3 heteroatoms. The van der Waals surface area contributed by atoms with Crippen molar-refractivity contribution in [2.45, 2.75) is 39.0 Å². The minimum absolute atomic E-state index is 0.104. The van der Waals surface area contributed by atoms with Gasteiger partial charge in [-0.2, -0.15) is 0 Å². The molecule has 0 heterocycles. The summed E-state index contributed by atoms with van der Waals surface area (Å²) in [6, 6.07) is 6.54. The molecule has 108 valence electrons. The molecule has 0 bridgehead atoms. The second-order valence-electron chi connectivity index (χ2n) is 5.95. The van der Waals surface area contributed by atoms with Crippen LogP contribution in [0.3, 0.4) is 0 Å². The van der Waals surface area contributed by atoms with Crippen LogP contribution in [0.15, 0.2) is 18.2 Å². The molecule has 1 aromatic carbocycles. The van der Waals surface area contributed by atoms with E-state index in [9.17, 15) is 0 Å². The largest absolute Gasteiger partial charge is 0.496 e. The molecule has 0 unspecified atom stereocenters. The van der Waals surface area contributed by atoms with Crippen molar-refractivity contribution in [1.82, 2.24) is 10.6 Å². The molecule has 0 saturated carbocycles. The molecule has 0 radical (unpaired) electrons. The highest BCUT2D eigenvalue weighted by Crippen LogP contribution is 2.32. The van der Waals surface area contributed by atoms with Crippen LogP contribution in [0.25, 0.3) is 0 Å². The van der Waals surface area contributed by atoms with Crippen molar-refractivity contribution in [1.29, 1.82) is 0 Å². The van der Waals surface area contributed by atoms with Gasteiger partial charge in [-0.1, -0.05) is 39.8 Å². The third-order valence-electron chi connectivity index (χ3n) is 3.50. The lowest BCUT2D eigenvalue weighted by Crippen LogP contribution is -2.37. The van der Waals surface area contributed by atoms with Crippen molar-refractivity contribution < 1.29 is 4.74 Å². The lowest BCUT2D eigenvalue weighted by atomic mass is 9.82. The number of hydrogen-bond acceptors (Lipinski definition) is 3. The fraction of sp³-hybridized carbons (Fsp3) is 0.625. The second kappa shape index (κ2) is 6.92. The first-order valence-electron chi connectivity index (χ1n) is 6.96. The molecule has 19 heavy (non-hydrogen) atoms. The maximum atomic E-state index is 5.45. The summed E-state index contributed by atoms with van der Waals surface area (Å²) < 4.78 is 5.45. The Morgan fingerprint density at radius 1 is 1.26 bits per heavy atom. The maximum absolute atomic E-state index is 5.45. The standard InChI is InChI=1S/C16H28N2O/c1-12(2)14-9-13(7-8-15(14)19-6)16(3,4)10-18-11-17-5/h7-9,12,17-18H,10-11H2,1-6H3. The molecule has 1 aromatic rings. The van der Waals surface area contributed by atoms with Crippen LogP contribution in [0, 0.1) is 0 Å². The van der Waals surface area contributed by atoms with E-state index in [1.165, 1.54) is 11.1 Å². The first-order valence-corrected chi connectivity index (χ1v) is 6.96. The van der Waals surface area contributed by atoms with Gasteiger partial charge in [0, 0.05) is 18.6 Å². The molecule has 0 saturated heterocycles. The summed E-state index contributed by atoms with van der Waals surface area (Å²) in [6.07, 6.45) is 0. The van der Waals surface area contributed by atoms with E-state index in [-0.39, 0.29) is 5.41 Å². The third-order valence-corrected chi connectivity index (χ3v) is 3.50. The first-order chi connectivity index (χ1) is 8.92. The number of methoxy groups -OCH3 is 1. The highest BCUT2D eigenvalue weighted by Gasteiger charge is 2.22. The topological polar surface area (TPSA) is 33.3 Å². The number of hydrogen-bond donors (Lipinski definition) is 2. The summed E-state index contributed by atoms with van der Waals surface area (Å²) in [5.41, 5.74) is 2.73. The molecule has 0 aliphatic carbocycles. The zero-order valence-electron chi connectivity index (χ0n) is 13.1. The van der Waals surface area contributed by atoms with Gasteiger partial charge in [-0.15, -0.1) is 0 Å². The third kappa shape index (κ3) is 4.22. The van der Waals surface area contributed by atoms with Gasteiger partial charge in [-0.25, -0.2) is 0 Å². The SMILES string of the molecule is CNCNCC(C)(C)c1ccc(OC)c(C(C)C)c1. The fourth-order valence-corrected chi connectivity index (χ4v) is 2.21. The Bertz CT molecular complexity index is 400. The summed E-state index contributed by atoms with van der Waals surface area (Å²) in [5.74, 6) is 1.45. The molecular formula is C16H28N2O. The number of nitrogens with one attached hydrogen (secondary N) is 2. The molecule has 3 nitrogen and oxygen atoms in total.